The molecule has 0 aliphatic heterocycles. The van der Waals surface area contributed by atoms with E-state index in [1.165, 1.54) is 18.9 Å². The summed E-state index contributed by atoms with van der Waals surface area (Å²) in [6.07, 6.45) is 8.11. The van der Waals surface area contributed by atoms with Crippen molar-refractivity contribution < 1.29 is 22.3 Å². The van der Waals surface area contributed by atoms with Crippen LogP contribution in [0.25, 0.3) is 0 Å². The molecule has 0 radical (unpaired) electrons. The molecule has 30 heavy (non-hydrogen) atoms. The van der Waals surface area contributed by atoms with E-state index in [1.54, 1.807) is 13.0 Å². The number of hydrogen-bond acceptors (Lipinski definition) is 1. The molecule has 0 saturated heterocycles. The van der Waals surface area contributed by atoms with E-state index in [0.29, 0.717) is 31.2 Å². The highest BCUT2D eigenvalue weighted by Gasteiger charge is 2.43. The third-order valence-electron chi connectivity index (χ3n) is 7.36. The van der Waals surface area contributed by atoms with E-state index in [2.05, 4.69) is 6.92 Å². The van der Waals surface area contributed by atoms with Crippen LogP contribution < -0.4 is 4.74 Å². The Morgan fingerprint density at radius 2 is 1.50 bits per heavy atom. The molecule has 2 fully saturated rings. The summed E-state index contributed by atoms with van der Waals surface area (Å²) in [6, 6.07) is 3.01. The maximum absolute atomic E-state index is 15.0. The van der Waals surface area contributed by atoms with Crippen LogP contribution >= 0.6 is 0 Å². The van der Waals surface area contributed by atoms with Gasteiger partial charge in [-0.1, -0.05) is 38.7 Å². The van der Waals surface area contributed by atoms with E-state index < -0.39 is 23.5 Å². The molecule has 3 rings (SSSR count). The van der Waals surface area contributed by atoms with Crippen molar-refractivity contribution in [1.29, 1.82) is 0 Å². The monoisotopic (exact) mass is 428 g/mol. The standard InChI is InChI=1S/C25H36F4O/c1-3-5-17-6-8-18(9-7-17)16-25(28,29)20-12-10-19(11-13-20)21-14-15-22(30-4-2)24(27)23(21)26/h14-15,17-20H,3-13,16H2,1-2H3. The first-order chi connectivity index (χ1) is 14.4. The van der Waals surface area contributed by atoms with Gasteiger partial charge in [0.05, 0.1) is 6.61 Å². The van der Waals surface area contributed by atoms with Crippen molar-refractivity contribution >= 4 is 0 Å². The highest BCUT2D eigenvalue weighted by Crippen LogP contribution is 2.47. The van der Waals surface area contributed by atoms with Crippen LogP contribution in [-0.4, -0.2) is 12.5 Å². The number of rotatable bonds is 8. The maximum atomic E-state index is 15.0. The lowest BCUT2D eigenvalue weighted by atomic mass is 9.72. The van der Waals surface area contributed by atoms with E-state index in [-0.39, 0.29) is 30.6 Å². The second-order valence-electron chi connectivity index (χ2n) is 9.40. The van der Waals surface area contributed by atoms with Crippen LogP contribution in [0.1, 0.15) is 96.0 Å². The Bertz CT molecular complexity index is 674. The van der Waals surface area contributed by atoms with Crippen LogP contribution in [0.15, 0.2) is 12.1 Å². The molecule has 0 N–H and O–H groups in total. The fourth-order valence-electron chi connectivity index (χ4n) is 5.64. The van der Waals surface area contributed by atoms with Gasteiger partial charge in [-0.05, 0) is 74.8 Å². The Morgan fingerprint density at radius 3 is 2.10 bits per heavy atom. The van der Waals surface area contributed by atoms with Crippen LogP contribution in [0.5, 0.6) is 5.75 Å². The molecule has 0 atom stereocenters. The minimum absolute atomic E-state index is 0.00673. The fourth-order valence-corrected chi connectivity index (χ4v) is 5.64. The first kappa shape index (κ1) is 23.4. The first-order valence-corrected chi connectivity index (χ1v) is 11.8. The first-order valence-electron chi connectivity index (χ1n) is 11.8. The third kappa shape index (κ3) is 5.50. The molecule has 2 aliphatic carbocycles. The van der Waals surface area contributed by atoms with Gasteiger partial charge < -0.3 is 4.74 Å². The number of hydrogen-bond donors (Lipinski definition) is 0. The molecule has 170 valence electrons. The van der Waals surface area contributed by atoms with Crippen molar-refractivity contribution in [2.75, 3.05) is 6.61 Å². The Balaban J connectivity index is 1.54. The molecule has 0 unspecified atom stereocenters. The Labute approximate surface area is 178 Å². The predicted octanol–water partition coefficient (Wildman–Crippen LogP) is 8.27. The molecule has 2 saturated carbocycles. The van der Waals surface area contributed by atoms with E-state index in [1.807, 2.05) is 0 Å². The smallest absolute Gasteiger partial charge is 0.251 e. The lowest BCUT2D eigenvalue weighted by Crippen LogP contribution is -2.34. The normalized spacial score (nSPS) is 27.8. The van der Waals surface area contributed by atoms with Crippen LogP contribution in [0.2, 0.25) is 0 Å². The van der Waals surface area contributed by atoms with Gasteiger partial charge in [-0.3, -0.25) is 0 Å². The summed E-state index contributed by atoms with van der Waals surface area (Å²) in [6.45, 7) is 4.16. The topological polar surface area (TPSA) is 9.23 Å². The molecular formula is C25H36F4O. The minimum atomic E-state index is -2.66. The van der Waals surface area contributed by atoms with Crippen LogP contribution in [0, 0.1) is 29.4 Å². The average molecular weight is 429 g/mol. The summed E-state index contributed by atoms with van der Waals surface area (Å²) < 4.78 is 63.8. The average Bonchev–Trinajstić information content (AvgIpc) is 2.73. The highest BCUT2D eigenvalue weighted by molar-refractivity contribution is 5.33. The largest absolute Gasteiger partial charge is 0.491 e. The van der Waals surface area contributed by atoms with Gasteiger partial charge in [-0.15, -0.1) is 0 Å². The Kier molecular flexibility index (Phi) is 8.09. The van der Waals surface area contributed by atoms with Gasteiger partial charge >= 0.3 is 0 Å². The summed E-state index contributed by atoms with van der Waals surface area (Å²) in [5, 5.41) is 0. The van der Waals surface area contributed by atoms with E-state index in [4.69, 9.17) is 4.74 Å². The number of halogens is 4. The van der Waals surface area contributed by atoms with Crippen LogP contribution in [0.4, 0.5) is 17.6 Å². The van der Waals surface area contributed by atoms with Gasteiger partial charge in [-0.2, -0.15) is 4.39 Å². The van der Waals surface area contributed by atoms with Gasteiger partial charge in [0.25, 0.3) is 5.92 Å². The molecule has 0 heterocycles. The van der Waals surface area contributed by atoms with Crippen molar-refractivity contribution in [3.63, 3.8) is 0 Å². The highest BCUT2D eigenvalue weighted by atomic mass is 19.3. The Morgan fingerprint density at radius 1 is 0.867 bits per heavy atom. The summed E-state index contributed by atoms with van der Waals surface area (Å²) in [7, 11) is 0. The molecule has 1 aromatic rings. The zero-order chi connectivity index (χ0) is 21.7. The summed E-state index contributed by atoms with van der Waals surface area (Å²) in [5.41, 5.74) is 0.298. The second kappa shape index (κ2) is 10.4. The van der Waals surface area contributed by atoms with Crippen molar-refractivity contribution in [2.45, 2.75) is 96.3 Å². The molecule has 0 aromatic heterocycles. The zero-order valence-electron chi connectivity index (χ0n) is 18.4. The van der Waals surface area contributed by atoms with Crippen molar-refractivity contribution in [3.8, 4) is 5.75 Å². The fraction of sp³-hybridized carbons (Fsp3) is 0.760. The quantitative estimate of drug-likeness (QED) is 0.379. The lowest BCUT2D eigenvalue weighted by Gasteiger charge is -2.37. The second-order valence-corrected chi connectivity index (χ2v) is 9.40. The lowest BCUT2D eigenvalue weighted by molar-refractivity contribution is -0.0937. The maximum Gasteiger partial charge on any atom is 0.251 e. The number of ether oxygens (including phenoxy) is 1. The summed E-state index contributed by atoms with van der Waals surface area (Å²) >= 11 is 0. The van der Waals surface area contributed by atoms with Gasteiger partial charge in [-0.25, -0.2) is 13.2 Å². The molecule has 0 amide bonds. The third-order valence-corrected chi connectivity index (χ3v) is 7.36. The number of benzene rings is 1. The van der Waals surface area contributed by atoms with Crippen LogP contribution in [-0.2, 0) is 0 Å². The van der Waals surface area contributed by atoms with Gasteiger partial charge in [0, 0.05) is 12.3 Å². The molecule has 0 bridgehead atoms. The van der Waals surface area contributed by atoms with Crippen molar-refractivity contribution in [3.05, 3.63) is 29.3 Å². The minimum Gasteiger partial charge on any atom is -0.491 e. The van der Waals surface area contributed by atoms with Crippen molar-refractivity contribution in [2.24, 2.45) is 17.8 Å². The molecule has 1 aromatic carbocycles. The zero-order valence-corrected chi connectivity index (χ0v) is 18.4. The molecule has 2 aliphatic rings. The molecule has 0 spiro atoms. The van der Waals surface area contributed by atoms with Gasteiger partial charge in [0.2, 0.25) is 5.82 Å². The van der Waals surface area contributed by atoms with E-state index in [9.17, 15) is 17.6 Å². The molecule has 5 heteroatoms. The Hall–Kier alpha value is -1.26. The summed E-state index contributed by atoms with van der Waals surface area (Å²) in [4.78, 5) is 0. The van der Waals surface area contributed by atoms with Crippen LogP contribution in [0.3, 0.4) is 0 Å². The number of alkyl halides is 2. The van der Waals surface area contributed by atoms with E-state index >= 15 is 0 Å². The predicted molar refractivity (Wildman–Crippen MR) is 112 cm³/mol. The molecular weight excluding hydrogens is 392 g/mol. The van der Waals surface area contributed by atoms with Gasteiger partial charge in [0.1, 0.15) is 0 Å². The van der Waals surface area contributed by atoms with E-state index in [0.717, 1.165) is 31.6 Å². The SMILES string of the molecule is CCCC1CCC(CC(F)(F)C2CCC(c3ccc(OCC)c(F)c3F)CC2)CC1. The summed E-state index contributed by atoms with van der Waals surface area (Å²) in [5.74, 6) is -4.60. The van der Waals surface area contributed by atoms with Crippen molar-refractivity contribution in [1.82, 2.24) is 0 Å². The van der Waals surface area contributed by atoms with Gasteiger partial charge in [0.15, 0.2) is 11.6 Å². The molecule has 1 nitrogen and oxygen atoms in total.